The lowest BCUT2D eigenvalue weighted by Crippen LogP contribution is -2.52. The Hall–Kier alpha value is -1.76. The number of carbonyl (C=O) groups excluding carboxylic acids is 2. The highest BCUT2D eigenvalue weighted by Gasteiger charge is 2.64. The van der Waals surface area contributed by atoms with Crippen LogP contribution in [0.2, 0.25) is 0 Å². The maximum Gasteiger partial charge on any atom is 0.316 e. The van der Waals surface area contributed by atoms with Crippen LogP contribution in [0.25, 0.3) is 0 Å². The molecule has 6 nitrogen and oxygen atoms in total. The minimum atomic E-state index is -0.655. The first-order valence-corrected chi connectivity index (χ1v) is 11.4. The Kier molecular flexibility index (Phi) is 6.86. The predicted molar refractivity (Wildman–Crippen MR) is 112 cm³/mol. The third-order valence-electron chi connectivity index (χ3n) is 6.80. The molecule has 6 heteroatoms. The molecule has 164 valence electrons. The topological polar surface area (TPSA) is 79.4 Å². The normalized spacial score (nSPS) is 30.5. The van der Waals surface area contributed by atoms with Gasteiger partial charge in [-0.3, -0.25) is 14.5 Å². The number of hydrogen-bond donors (Lipinski definition) is 1. The molecular weight excluding hydrogens is 382 g/mol. The van der Waals surface area contributed by atoms with Crippen LogP contribution in [0.1, 0.15) is 63.4 Å². The number of morpholine rings is 1. The lowest BCUT2D eigenvalue weighted by atomic mass is 9.96. The van der Waals surface area contributed by atoms with Gasteiger partial charge in [0, 0.05) is 31.3 Å². The number of carbonyl (C=O) groups is 2. The summed E-state index contributed by atoms with van der Waals surface area (Å²) in [6.45, 7) is 2.39. The molecule has 0 aromatic heterocycles. The number of ether oxygens (including phenoxy) is 2. The number of esters is 1. The van der Waals surface area contributed by atoms with Crippen LogP contribution in [-0.4, -0.2) is 65.3 Å². The molecule has 3 saturated heterocycles. The maximum absolute atomic E-state index is 12.7. The Bertz CT molecular complexity index is 720. The molecule has 3 aliphatic heterocycles. The van der Waals surface area contributed by atoms with E-state index < -0.39 is 5.92 Å². The highest BCUT2D eigenvalue weighted by Crippen LogP contribution is 2.49. The molecule has 0 saturated carbocycles. The molecule has 4 rings (SSSR count). The van der Waals surface area contributed by atoms with E-state index in [4.69, 9.17) is 9.47 Å². The lowest BCUT2D eigenvalue weighted by molar-refractivity contribution is -0.157. The summed E-state index contributed by atoms with van der Waals surface area (Å²) in [6.07, 6.45) is 6.66. The minimum Gasteiger partial charge on any atom is -0.462 e. The van der Waals surface area contributed by atoms with Gasteiger partial charge in [-0.1, -0.05) is 56.5 Å². The van der Waals surface area contributed by atoms with E-state index in [1.807, 2.05) is 30.3 Å². The van der Waals surface area contributed by atoms with E-state index in [0.717, 1.165) is 18.4 Å². The highest BCUT2D eigenvalue weighted by molar-refractivity contribution is 5.80. The Balaban J connectivity index is 1.31. The molecule has 3 fully saturated rings. The van der Waals surface area contributed by atoms with Crippen molar-refractivity contribution < 1.29 is 24.2 Å². The second-order valence-electron chi connectivity index (χ2n) is 8.90. The van der Waals surface area contributed by atoms with Gasteiger partial charge in [-0.15, -0.1) is 0 Å². The van der Waals surface area contributed by atoms with Crippen molar-refractivity contribution in [3.8, 4) is 0 Å². The summed E-state index contributed by atoms with van der Waals surface area (Å²) in [7, 11) is 0. The minimum absolute atomic E-state index is 0.149. The first-order valence-electron chi connectivity index (χ1n) is 11.4. The standard InChI is InChI=1S/C24H33NO5/c1-2-3-4-8-11-17(27)14-25-20-12-18(13-21(25)23-22(20)30-23)29-24(28)19(15-26)16-9-6-5-7-10-16/h5-7,9-10,18-23,26H,2-4,8,11-15H2,1H3. The van der Waals surface area contributed by atoms with Crippen LogP contribution in [0.15, 0.2) is 30.3 Å². The number of hydrogen-bond acceptors (Lipinski definition) is 6. The number of ketones is 1. The summed E-state index contributed by atoms with van der Waals surface area (Å²) in [6, 6.07) is 9.56. The van der Waals surface area contributed by atoms with Gasteiger partial charge in [0.2, 0.25) is 0 Å². The number of epoxide rings is 1. The summed E-state index contributed by atoms with van der Waals surface area (Å²) in [5, 5.41) is 9.72. The number of Topliss-reactive ketones (excluding diaryl/α,β-unsaturated/α-hetero) is 1. The number of piperidine rings is 1. The molecule has 0 aliphatic carbocycles. The second kappa shape index (κ2) is 9.58. The molecule has 0 radical (unpaired) electrons. The molecule has 0 spiro atoms. The van der Waals surface area contributed by atoms with Crippen LogP contribution < -0.4 is 0 Å². The van der Waals surface area contributed by atoms with Crippen molar-refractivity contribution in [1.82, 2.24) is 4.90 Å². The van der Waals surface area contributed by atoms with Gasteiger partial charge in [-0.05, 0) is 12.0 Å². The Morgan fingerprint density at radius 1 is 1.13 bits per heavy atom. The van der Waals surface area contributed by atoms with Crippen LogP contribution in [-0.2, 0) is 19.1 Å². The smallest absolute Gasteiger partial charge is 0.316 e. The molecule has 0 amide bonds. The van der Waals surface area contributed by atoms with Gasteiger partial charge >= 0.3 is 5.97 Å². The van der Waals surface area contributed by atoms with Crippen LogP contribution in [0, 0.1) is 0 Å². The van der Waals surface area contributed by atoms with E-state index in [1.165, 1.54) is 12.8 Å². The van der Waals surface area contributed by atoms with E-state index in [9.17, 15) is 14.7 Å². The number of unbranched alkanes of at least 4 members (excludes halogenated alkanes) is 3. The van der Waals surface area contributed by atoms with Crippen molar-refractivity contribution in [1.29, 1.82) is 0 Å². The van der Waals surface area contributed by atoms with Crippen LogP contribution in [0.4, 0.5) is 0 Å². The van der Waals surface area contributed by atoms with E-state index >= 15 is 0 Å². The van der Waals surface area contributed by atoms with E-state index in [-0.39, 0.29) is 43.0 Å². The monoisotopic (exact) mass is 415 g/mol. The fraction of sp³-hybridized carbons (Fsp3) is 0.667. The number of rotatable bonds is 11. The number of fused-ring (bicyclic) bond motifs is 5. The van der Waals surface area contributed by atoms with Gasteiger partial charge in [0.25, 0.3) is 0 Å². The maximum atomic E-state index is 12.7. The molecule has 2 bridgehead atoms. The van der Waals surface area contributed by atoms with Crippen LogP contribution in [0.5, 0.6) is 0 Å². The van der Waals surface area contributed by atoms with Crippen molar-refractivity contribution in [3.05, 3.63) is 35.9 Å². The van der Waals surface area contributed by atoms with E-state index in [0.29, 0.717) is 31.6 Å². The number of nitrogens with zero attached hydrogens (tertiary/aromatic N) is 1. The summed E-state index contributed by atoms with van der Waals surface area (Å²) < 4.78 is 11.6. The first kappa shape index (κ1) is 21.5. The number of aliphatic hydroxyl groups excluding tert-OH is 1. The van der Waals surface area contributed by atoms with Gasteiger partial charge in [0.1, 0.15) is 30.0 Å². The highest BCUT2D eigenvalue weighted by atomic mass is 16.6. The third-order valence-corrected chi connectivity index (χ3v) is 6.80. The van der Waals surface area contributed by atoms with Crippen LogP contribution >= 0.6 is 0 Å². The third kappa shape index (κ3) is 4.61. The quantitative estimate of drug-likeness (QED) is 0.340. The van der Waals surface area contributed by atoms with Crippen molar-refractivity contribution in [2.24, 2.45) is 0 Å². The van der Waals surface area contributed by atoms with Gasteiger partial charge in [-0.2, -0.15) is 0 Å². The molecule has 3 aliphatic rings. The molecular formula is C24H33NO5. The Morgan fingerprint density at radius 3 is 2.47 bits per heavy atom. The second-order valence-corrected chi connectivity index (χ2v) is 8.90. The number of aliphatic hydroxyl groups is 1. The first-order chi connectivity index (χ1) is 14.6. The summed E-state index contributed by atoms with van der Waals surface area (Å²) in [4.78, 5) is 27.5. The van der Waals surface area contributed by atoms with Gasteiger partial charge < -0.3 is 14.6 Å². The van der Waals surface area contributed by atoms with Crippen molar-refractivity contribution in [2.75, 3.05) is 13.2 Å². The van der Waals surface area contributed by atoms with E-state index in [1.54, 1.807) is 0 Å². The zero-order valence-electron chi connectivity index (χ0n) is 17.7. The fourth-order valence-corrected chi connectivity index (χ4v) is 5.16. The van der Waals surface area contributed by atoms with Crippen LogP contribution in [0.3, 0.4) is 0 Å². The molecule has 30 heavy (non-hydrogen) atoms. The molecule has 1 aromatic carbocycles. The van der Waals surface area contributed by atoms with E-state index in [2.05, 4.69) is 11.8 Å². The fourth-order valence-electron chi connectivity index (χ4n) is 5.16. The Labute approximate surface area is 178 Å². The van der Waals surface area contributed by atoms with Gasteiger partial charge in [0.15, 0.2) is 0 Å². The summed E-state index contributed by atoms with van der Waals surface area (Å²) in [5.41, 5.74) is 0.769. The average molecular weight is 416 g/mol. The average Bonchev–Trinajstić information content (AvgIpc) is 3.50. The van der Waals surface area contributed by atoms with Gasteiger partial charge in [0.05, 0.1) is 13.2 Å². The zero-order valence-corrected chi connectivity index (χ0v) is 17.7. The summed E-state index contributed by atoms with van der Waals surface area (Å²) in [5.74, 6) is -0.720. The van der Waals surface area contributed by atoms with Gasteiger partial charge in [-0.25, -0.2) is 0 Å². The molecule has 5 unspecified atom stereocenters. The molecule has 1 aromatic rings. The Morgan fingerprint density at radius 2 is 1.83 bits per heavy atom. The lowest BCUT2D eigenvalue weighted by Gasteiger charge is -2.40. The largest absolute Gasteiger partial charge is 0.462 e. The SMILES string of the molecule is CCCCCCC(=O)CN1C2CC(OC(=O)C(CO)c3ccccc3)CC1C1OC12. The molecule has 3 heterocycles. The molecule has 1 N–H and O–H groups in total. The van der Waals surface area contributed by atoms with Crippen molar-refractivity contribution in [2.45, 2.75) is 88.2 Å². The summed E-state index contributed by atoms with van der Waals surface area (Å²) >= 11 is 0. The number of benzene rings is 1. The van der Waals surface area contributed by atoms with Crippen molar-refractivity contribution in [3.63, 3.8) is 0 Å². The zero-order chi connectivity index (χ0) is 21.1. The predicted octanol–water partition coefficient (Wildman–Crippen LogP) is 2.83. The van der Waals surface area contributed by atoms with Crippen molar-refractivity contribution >= 4 is 11.8 Å². The molecule has 5 atom stereocenters.